The van der Waals surface area contributed by atoms with E-state index in [9.17, 15) is 21.6 Å². The van der Waals surface area contributed by atoms with E-state index < -0.39 is 21.8 Å². The first-order valence-corrected chi connectivity index (χ1v) is 11.4. The third kappa shape index (κ3) is 4.21. The van der Waals surface area contributed by atoms with E-state index in [2.05, 4.69) is 20.4 Å². The van der Waals surface area contributed by atoms with Crippen LogP contribution in [-0.2, 0) is 16.2 Å². The van der Waals surface area contributed by atoms with Crippen LogP contribution in [0.2, 0.25) is 0 Å². The number of piperidine rings is 1. The molecule has 8 nitrogen and oxygen atoms in total. The molecule has 4 rings (SSSR count). The Balaban J connectivity index is 1.53. The number of pyridine rings is 1. The Morgan fingerprint density at radius 1 is 1.21 bits per heavy atom. The number of hydrogen-bond donors (Lipinski definition) is 1. The monoisotopic (exact) mass is 446 g/mol. The highest BCUT2D eigenvalue weighted by Gasteiger charge is 2.31. The van der Waals surface area contributed by atoms with Gasteiger partial charge in [0.2, 0.25) is 20.1 Å². The molecule has 0 aliphatic carbocycles. The Labute approximate surface area is 168 Å². The highest BCUT2D eigenvalue weighted by atomic mass is 32.2. The van der Waals surface area contributed by atoms with Crippen LogP contribution in [0, 0.1) is 0 Å². The number of fused-ring (bicyclic) bond motifs is 1. The summed E-state index contributed by atoms with van der Waals surface area (Å²) in [5, 5.41) is 8.27. The van der Waals surface area contributed by atoms with Gasteiger partial charge in [-0.25, -0.2) is 22.2 Å². The van der Waals surface area contributed by atoms with Crippen LogP contribution in [0.4, 0.5) is 18.3 Å². The maximum absolute atomic E-state index is 13.0. The number of aromatic nitrogens is 4. The first-order chi connectivity index (χ1) is 13.6. The van der Waals surface area contributed by atoms with Gasteiger partial charge in [-0.3, -0.25) is 4.98 Å². The fraction of sp³-hybridized carbons (Fsp3) is 0.438. The van der Waals surface area contributed by atoms with Crippen LogP contribution >= 0.6 is 11.3 Å². The van der Waals surface area contributed by atoms with Crippen molar-refractivity contribution in [2.75, 3.05) is 24.7 Å². The van der Waals surface area contributed by atoms with Crippen molar-refractivity contribution in [3.05, 3.63) is 30.2 Å². The molecule has 156 valence electrons. The van der Waals surface area contributed by atoms with Gasteiger partial charge < -0.3 is 5.32 Å². The molecule has 0 bridgehead atoms. The lowest BCUT2D eigenvalue weighted by molar-refractivity contribution is -0.137. The molecule has 1 saturated heterocycles. The lowest BCUT2D eigenvalue weighted by Crippen LogP contribution is -2.41. The van der Waals surface area contributed by atoms with Crippen LogP contribution in [0.1, 0.15) is 18.4 Å². The minimum Gasteiger partial charge on any atom is -0.357 e. The van der Waals surface area contributed by atoms with Crippen molar-refractivity contribution in [2.45, 2.75) is 25.1 Å². The summed E-state index contributed by atoms with van der Waals surface area (Å²) in [5.74, 6) is 0. The highest BCUT2D eigenvalue weighted by molar-refractivity contribution is 7.88. The second kappa shape index (κ2) is 7.22. The summed E-state index contributed by atoms with van der Waals surface area (Å²) in [6.07, 6.45) is 1.57. The number of alkyl halides is 3. The van der Waals surface area contributed by atoms with E-state index in [0.717, 1.165) is 12.3 Å². The molecule has 1 N–H and O–H groups in total. The van der Waals surface area contributed by atoms with Gasteiger partial charge >= 0.3 is 6.18 Å². The number of nitrogens with zero attached hydrogens (tertiary/aromatic N) is 5. The Bertz CT molecular complexity index is 1130. The number of sulfonamides is 1. The van der Waals surface area contributed by atoms with Gasteiger partial charge in [-0.05, 0) is 18.9 Å². The highest BCUT2D eigenvalue weighted by Crippen LogP contribution is 2.32. The topological polar surface area (TPSA) is 92.5 Å². The van der Waals surface area contributed by atoms with Gasteiger partial charge in [-0.15, -0.1) is 5.10 Å². The predicted molar refractivity (Wildman–Crippen MR) is 102 cm³/mol. The minimum atomic E-state index is -4.48. The molecule has 29 heavy (non-hydrogen) atoms. The van der Waals surface area contributed by atoms with E-state index in [1.54, 1.807) is 0 Å². The first kappa shape index (κ1) is 20.0. The van der Waals surface area contributed by atoms with Gasteiger partial charge in [-0.1, -0.05) is 11.3 Å². The summed E-state index contributed by atoms with van der Waals surface area (Å²) in [6, 6.07) is 1.08. The Kier molecular flexibility index (Phi) is 4.99. The van der Waals surface area contributed by atoms with E-state index in [4.69, 9.17) is 0 Å². The van der Waals surface area contributed by atoms with Crippen LogP contribution in [0.5, 0.6) is 0 Å². The van der Waals surface area contributed by atoms with Gasteiger partial charge in [0, 0.05) is 37.1 Å². The van der Waals surface area contributed by atoms with Gasteiger partial charge in [0.05, 0.1) is 23.7 Å². The molecule has 0 saturated carbocycles. The third-order valence-electron chi connectivity index (χ3n) is 4.70. The average molecular weight is 446 g/mol. The molecule has 0 spiro atoms. The molecule has 0 atom stereocenters. The molecule has 0 unspecified atom stereocenters. The summed E-state index contributed by atoms with van der Waals surface area (Å²) in [4.78, 5) is 8.45. The molecule has 3 aromatic heterocycles. The summed E-state index contributed by atoms with van der Waals surface area (Å²) in [6.45, 7) is 0.861. The standard InChI is InChI=1S/C16H17F3N6O2S2/c1-29(26,27)24-4-2-12(3-5-24)22-14-23-25-13(9-21-15(25)28-14)10-6-11(8-20-7-10)16(17,18)19/h6-9,12H,2-5H2,1H3,(H,22,23). The zero-order valence-corrected chi connectivity index (χ0v) is 16.9. The van der Waals surface area contributed by atoms with Crippen LogP contribution in [0.15, 0.2) is 24.7 Å². The van der Waals surface area contributed by atoms with E-state index >= 15 is 0 Å². The fourth-order valence-corrected chi connectivity index (χ4v) is 4.92. The van der Waals surface area contributed by atoms with Gasteiger partial charge in [-0.2, -0.15) is 13.2 Å². The van der Waals surface area contributed by atoms with Crippen LogP contribution in [0.25, 0.3) is 16.2 Å². The number of anilines is 1. The van der Waals surface area contributed by atoms with E-state index in [1.165, 1.54) is 38.8 Å². The quantitative estimate of drug-likeness (QED) is 0.663. The van der Waals surface area contributed by atoms with Gasteiger partial charge in [0.1, 0.15) is 0 Å². The van der Waals surface area contributed by atoms with Crippen molar-refractivity contribution < 1.29 is 21.6 Å². The molecule has 4 heterocycles. The lowest BCUT2D eigenvalue weighted by atomic mass is 10.1. The number of imidazole rings is 1. The van der Waals surface area contributed by atoms with Crippen molar-refractivity contribution in [3.8, 4) is 11.3 Å². The molecule has 1 aliphatic heterocycles. The Morgan fingerprint density at radius 2 is 1.93 bits per heavy atom. The van der Waals surface area contributed by atoms with Crippen molar-refractivity contribution >= 4 is 31.5 Å². The second-order valence-electron chi connectivity index (χ2n) is 6.79. The van der Waals surface area contributed by atoms with Crippen molar-refractivity contribution in [3.63, 3.8) is 0 Å². The van der Waals surface area contributed by atoms with Gasteiger partial charge in [0.25, 0.3) is 0 Å². The summed E-state index contributed by atoms with van der Waals surface area (Å²) in [5.41, 5.74) is -0.156. The molecule has 1 fully saturated rings. The smallest absolute Gasteiger partial charge is 0.357 e. The third-order valence-corrected chi connectivity index (χ3v) is 6.85. The maximum Gasteiger partial charge on any atom is 0.417 e. The number of hydrogen-bond acceptors (Lipinski definition) is 7. The van der Waals surface area contributed by atoms with Crippen molar-refractivity contribution in [1.82, 2.24) is 23.9 Å². The summed E-state index contributed by atoms with van der Waals surface area (Å²) in [7, 11) is -3.19. The molecule has 13 heteroatoms. The van der Waals surface area contributed by atoms with Crippen LogP contribution in [0.3, 0.4) is 0 Å². The lowest BCUT2D eigenvalue weighted by Gasteiger charge is -2.30. The average Bonchev–Trinajstić information content (AvgIpc) is 3.21. The SMILES string of the molecule is CS(=O)(=O)N1CCC(Nc2nn3c(-c4cncc(C(F)(F)F)c4)cnc3s2)CC1. The van der Waals surface area contributed by atoms with Crippen molar-refractivity contribution in [1.29, 1.82) is 0 Å². The molecule has 0 radical (unpaired) electrons. The number of halogens is 3. The molecule has 0 amide bonds. The summed E-state index contributed by atoms with van der Waals surface area (Å²) < 4.78 is 65.0. The predicted octanol–water partition coefficient (Wildman–Crippen LogP) is 2.71. The van der Waals surface area contributed by atoms with Crippen molar-refractivity contribution in [2.24, 2.45) is 0 Å². The molecular weight excluding hydrogens is 429 g/mol. The zero-order valence-electron chi connectivity index (χ0n) is 15.2. The molecule has 1 aliphatic rings. The largest absolute Gasteiger partial charge is 0.417 e. The Hall–Kier alpha value is -2.25. The molecule has 0 aromatic carbocycles. The number of nitrogens with one attached hydrogen (secondary N) is 1. The molecule has 3 aromatic rings. The van der Waals surface area contributed by atoms with Crippen LogP contribution in [-0.4, -0.2) is 57.7 Å². The van der Waals surface area contributed by atoms with E-state index in [-0.39, 0.29) is 11.6 Å². The first-order valence-electron chi connectivity index (χ1n) is 8.70. The van der Waals surface area contributed by atoms with Gasteiger partial charge in [0.15, 0.2) is 0 Å². The van der Waals surface area contributed by atoms with E-state index in [0.29, 0.717) is 41.7 Å². The zero-order chi connectivity index (χ0) is 20.8. The fourth-order valence-electron chi connectivity index (χ4n) is 3.19. The Morgan fingerprint density at radius 3 is 2.59 bits per heavy atom. The molecular formula is C16H17F3N6O2S2. The number of rotatable bonds is 4. The summed E-state index contributed by atoms with van der Waals surface area (Å²) >= 11 is 1.28. The van der Waals surface area contributed by atoms with E-state index in [1.807, 2.05) is 0 Å². The maximum atomic E-state index is 13.0. The second-order valence-corrected chi connectivity index (χ2v) is 9.72. The minimum absolute atomic E-state index is 0.0579. The normalized spacial score (nSPS) is 17.1. The van der Waals surface area contributed by atoms with Crippen LogP contribution < -0.4 is 5.32 Å².